The maximum absolute atomic E-state index is 15.1. The second-order valence-corrected chi connectivity index (χ2v) is 11.7. The third-order valence-corrected chi connectivity index (χ3v) is 8.83. The predicted molar refractivity (Wildman–Crippen MR) is 156 cm³/mol. The van der Waals surface area contributed by atoms with Crippen molar-refractivity contribution >= 4 is 35.0 Å². The van der Waals surface area contributed by atoms with E-state index in [2.05, 4.69) is 15.4 Å². The Labute approximate surface area is 255 Å². The van der Waals surface area contributed by atoms with Gasteiger partial charge in [0.25, 0.3) is 5.91 Å². The summed E-state index contributed by atoms with van der Waals surface area (Å²) >= 11 is 7.20. The molecule has 3 aromatic carbocycles. The third kappa shape index (κ3) is 6.56. The summed E-state index contributed by atoms with van der Waals surface area (Å²) in [5, 5.41) is 25.9. The molecule has 1 amide bonds. The van der Waals surface area contributed by atoms with Gasteiger partial charge >= 0.3 is 0 Å². The van der Waals surface area contributed by atoms with E-state index in [1.807, 2.05) is 6.07 Å². The fourth-order valence-electron chi connectivity index (χ4n) is 4.69. The van der Waals surface area contributed by atoms with Crippen molar-refractivity contribution in [1.82, 2.24) is 14.8 Å². The molecule has 2 atom stereocenters. The first-order chi connectivity index (χ1) is 20.6. The van der Waals surface area contributed by atoms with Gasteiger partial charge in [-0.15, -0.1) is 0 Å². The van der Waals surface area contributed by atoms with Gasteiger partial charge in [0.15, 0.2) is 0 Å². The molecule has 1 saturated heterocycles. The number of carbonyl (C=O) groups excluding carboxylic acids is 1. The number of aliphatic hydroxyl groups is 1. The van der Waals surface area contributed by atoms with Gasteiger partial charge in [0.2, 0.25) is 5.12 Å². The smallest absolute Gasteiger partial charge is 0.255 e. The predicted octanol–water partition coefficient (Wildman–Crippen LogP) is 5.59. The number of halogens is 3. The molecule has 1 aliphatic rings. The summed E-state index contributed by atoms with van der Waals surface area (Å²) in [6.45, 7) is 2.22. The maximum Gasteiger partial charge on any atom is 0.255 e. The number of aromatic nitrogens is 3. The molecule has 4 aromatic rings. The summed E-state index contributed by atoms with van der Waals surface area (Å²) in [5.74, 6) is -2.08. The van der Waals surface area contributed by atoms with Gasteiger partial charge in [-0.25, -0.2) is 18.4 Å². The third-order valence-electron chi connectivity index (χ3n) is 6.99. The molecular weight excluding hydrogens is 600 g/mol. The van der Waals surface area contributed by atoms with Crippen molar-refractivity contribution in [1.29, 1.82) is 5.26 Å². The fourth-order valence-corrected chi connectivity index (χ4v) is 6.35. The lowest BCUT2D eigenvalue weighted by atomic mass is 9.90. The molecule has 0 bridgehead atoms. The molecule has 0 spiro atoms. The summed E-state index contributed by atoms with van der Waals surface area (Å²) in [4.78, 5) is 16.8. The Morgan fingerprint density at radius 1 is 1.21 bits per heavy atom. The van der Waals surface area contributed by atoms with Gasteiger partial charge in [-0.1, -0.05) is 41.6 Å². The molecule has 1 aromatic heterocycles. The molecule has 0 radical (unpaired) electrons. The van der Waals surface area contributed by atoms with Crippen LogP contribution in [0.2, 0.25) is 5.02 Å². The van der Waals surface area contributed by atoms with Crippen LogP contribution < -0.4 is 5.32 Å². The molecule has 2 N–H and O–H groups in total. The summed E-state index contributed by atoms with van der Waals surface area (Å²) in [6.07, 6.45) is 3.32. The molecule has 222 valence electrons. The van der Waals surface area contributed by atoms with Gasteiger partial charge in [0.05, 0.1) is 30.3 Å². The SMILES string of the molecule is C[C@H](SC1(c2ccc(C(=O)Nc3ccc(C#N)c(Cl)c3)cc2)OCCCO1)C(O)(Cn1cncn1)c1ccc(F)cc1F. The van der Waals surface area contributed by atoms with Crippen molar-refractivity contribution in [2.75, 3.05) is 18.5 Å². The van der Waals surface area contributed by atoms with Gasteiger partial charge < -0.3 is 19.9 Å². The van der Waals surface area contributed by atoms with Crippen LogP contribution in [0.15, 0.2) is 73.3 Å². The molecule has 5 rings (SSSR count). The minimum atomic E-state index is -1.89. The molecule has 9 nitrogen and oxygen atoms in total. The number of nitrogens with one attached hydrogen (secondary N) is 1. The van der Waals surface area contributed by atoms with E-state index >= 15 is 4.39 Å². The molecule has 2 heterocycles. The van der Waals surface area contributed by atoms with Gasteiger partial charge in [0, 0.05) is 33.7 Å². The molecule has 1 fully saturated rings. The van der Waals surface area contributed by atoms with E-state index in [1.54, 1.807) is 37.3 Å². The number of carbonyl (C=O) groups is 1. The van der Waals surface area contributed by atoms with Gasteiger partial charge in [-0.05, 0) is 49.7 Å². The van der Waals surface area contributed by atoms with E-state index in [9.17, 15) is 14.3 Å². The van der Waals surface area contributed by atoms with Crippen LogP contribution in [0.5, 0.6) is 0 Å². The Morgan fingerprint density at radius 2 is 1.95 bits per heavy atom. The number of hydrogen-bond donors (Lipinski definition) is 2. The average Bonchev–Trinajstić information content (AvgIpc) is 3.50. The van der Waals surface area contributed by atoms with Crippen molar-refractivity contribution in [3.05, 3.63) is 112 Å². The number of nitriles is 1. The fraction of sp³-hybridized carbons (Fsp3) is 0.267. The van der Waals surface area contributed by atoms with Crippen LogP contribution in [0.4, 0.5) is 14.5 Å². The molecule has 0 saturated carbocycles. The van der Waals surface area contributed by atoms with Crippen LogP contribution >= 0.6 is 23.4 Å². The van der Waals surface area contributed by atoms with Crippen LogP contribution in [0.25, 0.3) is 0 Å². The number of amides is 1. The zero-order valence-corrected chi connectivity index (χ0v) is 24.4. The normalized spacial score (nSPS) is 16.6. The first kappa shape index (κ1) is 30.6. The van der Waals surface area contributed by atoms with Crippen LogP contribution in [0.3, 0.4) is 0 Å². The molecule has 13 heteroatoms. The number of benzene rings is 3. The largest absolute Gasteiger partial charge is 0.382 e. The van der Waals surface area contributed by atoms with E-state index in [-0.39, 0.29) is 17.1 Å². The highest BCUT2D eigenvalue weighted by Crippen LogP contribution is 2.48. The van der Waals surface area contributed by atoms with E-state index in [0.29, 0.717) is 42.0 Å². The zero-order valence-electron chi connectivity index (χ0n) is 22.8. The van der Waals surface area contributed by atoms with Crippen molar-refractivity contribution in [3.8, 4) is 6.07 Å². The van der Waals surface area contributed by atoms with Gasteiger partial charge in [-0.2, -0.15) is 10.4 Å². The van der Waals surface area contributed by atoms with Crippen LogP contribution in [-0.4, -0.2) is 44.2 Å². The molecular formula is C30H26ClF2N5O4S. The monoisotopic (exact) mass is 625 g/mol. The van der Waals surface area contributed by atoms with E-state index in [0.717, 1.165) is 23.9 Å². The van der Waals surface area contributed by atoms with Crippen molar-refractivity contribution in [3.63, 3.8) is 0 Å². The van der Waals surface area contributed by atoms with Crippen LogP contribution in [0.1, 0.15) is 40.4 Å². The zero-order chi connectivity index (χ0) is 30.6. The van der Waals surface area contributed by atoms with E-state index in [4.69, 9.17) is 26.3 Å². The lowest BCUT2D eigenvalue weighted by Crippen LogP contribution is -2.45. The highest BCUT2D eigenvalue weighted by atomic mass is 35.5. The number of anilines is 1. The minimum Gasteiger partial charge on any atom is -0.382 e. The van der Waals surface area contributed by atoms with Crippen molar-refractivity contribution in [2.24, 2.45) is 0 Å². The standard InChI is InChI=1S/C30H26ClF2N5O4S/c1-19(29(40,16-38-18-35-17-36-38)25-10-8-23(32)13-27(25)33)43-30(41-11-2-12-42-30)22-6-3-20(4-7-22)28(39)37-24-9-5-21(15-34)26(31)14-24/h3-10,13-14,17-19,40H,2,11-12,16H2,1H3,(H,37,39)/t19-,29?/m0/s1. The molecule has 43 heavy (non-hydrogen) atoms. The highest BCUT2D eigenvalue weighted by molar-refractivity contribution is 8.00. The average molecular weight is 626 g/mol. The highest BCUT2D eigenvalue weighted by Gasteiger charge is 2.47. The lowest BCUT2D eigenvalue weighted by molar-refractivity contribution is -0.213. The number of nitrogens with zero attached hydrogens (tertiary/aromatic N) is 4. The lowest BCUT2D eigenvalue weighted by Gasteiger charge is -2.42. The first-order valence-corrected chi connectivity index (χ1v) is 14.5. The minimum absolute atomic E-state index is 0.120. The first-order valence-electron chi connectivity index (χ1n) is 13.2. The van der Waals surface area contributed by atoms with E-state index in [1.165, 1.54) is 35.5 Å². The second-order valence-electron chi connectivity index (χ2n) is 9.85. The Bertz CT molecular complexity index is 1650. The summed E-state index contributed by atoms with van der Waals surface area (Å²) in [7, 11) is 0. The Hall–Kier alpha value is -3.86. The number of hydrogen-bond acceptors (Lipinski definition) is 8. The summed E-state index contributed by atoms with van der Waals surface area (Å²) in [5.41, 5.74) is -0.393. The Balaban J connectivity index is 1.42. The summed E-state index contributed by atoms with van der Waals surface area (Å²) < 4.78 is 42.6. The quantitative estimate of drug-likeness (QED) is 0.247. The molecule has 1 unspecified atom stereocenters. The molecule has 0 aliphatic carbocycles. The second kappa shape index (κ2) is 12.8. The topological polar surface area (TPSA) is 122 Å². The Kier molecular flexibility index (Phi) is 9.10. The van der Waals surface area contributed by atoms with Crippen molar-refractivity contribution < 1.29 is 28.2 Å². The number of thioether (sulfide) groups is 1. The Morgan fingerprint density at radius 3 is 2.58 bits per heavy atom. The van der Waals surface area contributed by atoms with Gasteiger partial charge in [0.1, 0.15) is 36.0 Å². The van der Waals surface area contributed by atoms with E-state index < -0.39 is 33.5 Å². The number of rotatable bonds is 9. The maximum atomic E-state index is 15.1. The van der Waals surface area contributed by atoms with Crippen LogP contribution in [0, 0.1) is 23.0 Å². The summed E-state index contributed by atoms with van der Waals surface area (Å²) in [6, 6.07) is 16.1. The number of ether oxygens (including phenoxy) is 2. The molecule has 1 aliphatic heterocycles. The van der Waals surface area contributed by atoms with Crippen LogP contribution in [-0.2, 0) is 26.7 Å². The van der Waals surface area contributed by atoms with Gasteiger partial charge in [-0.3, -0.25) is 4.79 Å². The van der Waals surface area contributed by atoms with Crippen molar-refractivity contribution in [2.45, 2.75) is 35.9 Å².